The standard InChI is InChI=1S/C12H11NO5/c1-6-3-9-7(4-8(6)11(14)17-2)5-10(13-9)18-12(15)16/h3-5,13H,1-2H3,(H,15,16). The van der Waals surface area contributed by atoms with Crippen LogP contribution in [0, 0.1) is 6.92 Å². The van der Waals surface area contributed by atoms with E-state index in [0.29, 0.717) is 16.5 Å². The Balaban J connectivity index is 2.50. The average molecular weight is 249 g/mol. The van der Waals surface area contributed by atoms with Crippen LogP contribution in [0.5, 0.6) is 5.88 Å². The quantitative estimate of drug-likeness (QED) is 0.797. The van der Waals surface area contributed by atoms with Crippen molar-refractivity contribution in [1.82, 2.24) is 4.98 Å². The minimum atomic E-state index is -1.40. The molecule has 0 aliphatic rings. The summed E-state index contributed by atoms with van der Waals surface area (Å²) in [4.78, 5) is 24.7. The van der Waals surface area contributed by atoms with Gasteiger partial charge in [0.1, 0.15) is 0 Å². The molecular formula is C12H11NO5. The van der Waals surface area contributed by atoms with E-state index in [4.69, 9.17) is 5.11 Å². The SMILES string of the molecule is COC(=O)c1cc2cc(OC(=O)O)[nH]c2cc1C. The minimum absolute atomic E-state index is 0.110. The molecule has 0 radical (unpaired) electrons. The third kappa shape index (κ3) is 2.13. The highest BCUT2D eigenvalue weighted by Crippen LogP contribution is 2.24. The second-order valence-corrected chi connectivity index (χ2v) is 3.75. The Morgan fingerprint density at radius 2 is 2.00 bits per heavy atom. The highest BCUT2D eigenvalue weighted by atomic mass is 16.7. The molecule has 1 aromatic heterocycles. The summed E-state index contributed by atoms with van der Waals surface area (Å²) in [6.07, 6.45) is -1.40. The number of carboxylic acid groups (broad SMARTS) is 1. The molecule has 18 heavy (non-hydrogen) atoms. The number of nitrogens with one attached hydrogen (secondary N) is 1. The van der Waals surface area contributed by atoms with Crippen LogP contribution in [0.3, 0.4) is 0 Å². The van der Waals surface area contributed by atoms with Gasteiger partial charge in [0.15, 0.2) is 0 Å². The van der Waals surface area contributed by atoms with Crippen molar-refractivity contribution >= 4 is 23.0 Å². The second kappa shape index (κ2) is 4.40. The predicted molar refractivity (Wildman–Crippen MR) is 63.0 cm³/mol. The molecule has 2 aromatic rings. The van der Waals surface area contributed by atoms with Gasteiger partial charge in [-0.2, -0.15) is 0 Å². The van der Waals surface area contributed by atoms with Gasteiger partial charge in [-0.05, 0) is 24.6 Å². The summed E-state index contributed by atoms with van der Waals surface area (Å²) < 4.78 is 9.17. The summed E-state index contributed by atoms with van der Waals surface area (Å²) >= 11 is 0. The maximum atomic E-state index is 11.5. The van der Waals surface area contributed by atoms with E-state index in [9.17, 15) is 9.59 Å². The molecule has 6 nitrogen and oxygen atoms in total. The fourth-order valence-corrected chi connectivity index (χ4v) is 1.74. The van der Waals surface area contributed by atoms with Crippen molar-refractivity contribution in [3.63, 3.8) is 0 Å². The minimum Gasteiger partial charge on any atom is -0.465 e. The van der Waals surface area contributed by atoms with E-state index in [1.165, 1.54) is 13.2 Å². The Morgan fingerprint density at radius 1 is 1.28 bits per heavy atom. The number of esters is 1. The molecule has 0 saturated heterocycles. The highest BCUT2D eigenvalue weighted by molar-refractivity contribution is 5.96. The lowest BCUT2D eigenvalue weighted by Gasteiger charge is -2.03. The largest absolute Gasteiger partial charge is 0.512 e. The third-order valence-electron chi connectivity index (χ3n) is 2.54. The topological polar surface area (TPSA) is 88.6 Å². The first-order chi connectivity index (χ1) is 8.51. The number of hydrogen-bond acceptors (Lipinski definition) is 4. The van der Waals surface area contributed by atoms with E-state index < -0.39 is 12.1 Å². The first-order valence-electron chi connectivity index (χ1n) is 5.13. The Labute approximate surface area is 102 Å². The summed E-state index contributed by atoms with van der Waals surface area (Å²) in [5, 5.41) is 9.19. The fraction of sp³-hybridized carbons (Fsp3) is 0.167. The number of fused-ring (bicyclic) bond motifs is 1. The number of H-pyrrole nitrogens is 1. The lowest BCUT2D eigenvalue weighted by Crippen LogP contribution is -2.03. The van der Waals surface area contributed by atoms with Crippen molar-refractivity contribution in [1.29, 1.82) is 0 Å². The number of rotatable bonds is 2. The van der Waals surface area contributed by atoms with Gasteiger partial charge < -0.3 is 19.6 Å². The Morgan fingerprint density at radius 3 is 2.61 bits per heavy atom. The van der Waals surface area contributed by atoms with Gasteiger partial charge in [-0.3, -0.25) is 0 Å². The molecule has 0 aliphatic carbocycles. The van der Waals surface area contributed by atoms with Gasteiger partial charge in [-0.25, -0.2) is 9.59 Å². The van der Waals surface area contributed by atoms with Gasteiger partial charge in [-0.15, -0.1) is 0 Å². The Bertz CT molecular complexity index is 629. The molecule has 0 spiro atoms. The number of aromatic nitrogens is 1. The molecule has 0 unspecified atom stereocenters. The van der Waals surface area contributed by atoms with Crippen LogP contribution >= 0.6 is 0 Å². The molecular weight excluding hydrogens is 238 g/mol. The smallest absolute Gasteiger partial charge is 0.465 e. The predicted octanol–water partition coefficient (Wildman–Crippen LogP) is 2.32. The van der Waals surface area contributed by atoms with Crippen LogP contribution in [0.25, 0.3) is 10.9 Å². The first-order valence-corrected chi connectivity index (χ1v) is 5.13. The van der Waals surface area contributed by atoms with Crippen LogP contribution in [0.2, 0.25) is 0 Å². The number of aromatic amines is 1. The summed E-state index contributed by atoms with van der Waals surface area (Å²) in [6, 6.07) is 4.87. The normalized spacial score (nSPS) is 10.3. The van der Waals surface area contributed by atoms with Crippen LogP contribution in [0.1, 0.15) is 15.9 Å². The molecule has 1 heterocycles. The van der Waals surface area contributed by atoms with E-state index in [0.717, 1.165) is 5.56 Å². The van der Waals surface area contributed by atoms with Gasteiger partial charge in [-0.1, -0.05) is 0 Å². The summed E-state index contributed by atoms with van der Waals surface area (Å²) in [6.45, 7) is 1.77. The summed E-state index contributed by atoms with van der Waals surface area (Å²) in [5.41, 5.74) is 1.86. The zero-order valence-corrected chi connectivity index (χ0v) is 9.81. The van der Waals surface area contributed by atoms with Gasteiger partial charge in [0.05, 0.1) is 12.7 Å². The van der Waals surface area contributed by atoms with Crippen molar-refractivity contribution in [3.05, 3.63) is 29.3 Å². The number of aryl methyl sites for hydroxylation is 1. The number of hydrogen-bond donors (Lipinski definition) is 2. The van der Waals surface area contributed by atoms with E-state index in [-0.39, 0.29) is 5.88 Å². The van der Waals surface area contributed by atoms with Crippen LogP contribution in [-0.2, 0) is 4.74 Å². The summed E-state index contributed by atoms with van der Waals surface area (Å²) in [7, 11) is 1.31. The molecule has 94 valence electrons. The monoisotopic (exact) mass is 249 g/mol. The molecule has 6 heteroatoms. The van der Waals surface area contributed by atoms with Crippen LogP contribution in [-0.4, -0.2) is 29.3 Å². The fourth-order valence-electron chi connectivity index (χ4n) is 1.74. The van der Waals surface area contributed by atoms with Crippen molar-refractivity contribution < 1.29 is 24.2 Å². The molecule has 2 N–H and O–H groups in total. The van der Waals surface area contributed by atoms with Gasteiger partial charge in [0.2, 0.25) is 5.88 Å². The lowest BCUT2D eigenvalue weighted by atomic mass is 10.1. The van der Waals surface area contributed by atoms with Crippen LogP contribution < -0.4 is 4.74 Å². The molecule has 0 fully saturated rings. The van der Waals surface area contributed by atoms with E-state index in [1.54, 1.807) is 19.1 Å². The van der Waals surface area contributed by atoms with Crippen LogP contribution in [0.15, 0.2) is 18.2 Å². The Hall–Kier alpha value is -2.50. The number of methoxy groups -OCH3 is 1. The van der Waals surface area contributed by atoms with Crippen molar-refractivity contribution in [2.45, 2.75) is 6.92 Å². The summed E-state index contributed by atoms with van der Waals surface area (Å²) in [5.74, 6) is -0.324. The van der Waals surface area contributed by atoms with Crippen molar-refractivity contribution in [2.75, 3.05) is 7.11 Å². The van der Waals surface area contributed by atoms with Crippen LogP contribution in [0.4, 0.5) is 4.79 Å². The zero-order chi connectivity index (χ0) is 13.3. The second-order valence-electron chi connectivity index (χ2n) is 3.75. The van der Waals surface area contributed by atoms with Crippen molar-refractivity contribution in [2.24, 2.45) is 0 Å². The lowest BCUT2D eigenvalue weighted by molar-refractivity contribution is 0.0600. The average Bonchev–Trinajstić information content (AvgIpc) is 2.67. The maximum Gasteiger partial charge on any atom is 0.512 e. The molecule has 0 aliphatic heterocycles. The molecule has 2 rings (SSSR count). The first kappa shape index (κ1) is 12.0. The molecule has 0 amide bonds. The number of carbonyl (C=O) groups excluding carboxylic acids is 1. The molecule has 1 aromatic carbocycles. The highest BCUT2D eigenvalue weighted by Gasteiger charge is 2.13. The van der Waals surface area contributed by atoms with Gasteiger partial charge >= 0.3 is 12.1 Å². The number of carbonyl (C=O) groups is 2. The van der Waals surface area contributed by atoms with E-state index >= 15 is 0 Å². The van der Waals surface area contributed by atoms with Gasteiger partial charge in [0.25, 0.3) is 0 Å². The number of ether oxygens (including phenoxy) is 2. The van der Waals surface area contributed by atoms with E-state index in [1.807, 2.05) is 0 Å². The molecule has 0 atom stereocenters. The zero-order valence-electron chi connectivity index (χ0n) is 9.81. The molecule has 0 saturated carbocycles. The molecule has 0 bridgehead atoms. The third-order valence-corrected chi connectivity index (χ3v) is 2.54. The number of benzene rings is 1. The van der Waals surface area contributed by atoms with Gasteiger partial charge in [0, 0.05) is 17.0 Å². The maximum absolute atomic E-state index is 11.5. The Kier molecular flexibility index (Phi) is 2.93. The van der Waals surface area contributed by atoms with Crippen molar-refractivity contribution in [3.8, 4) is 5.88 Å². The van der Waals surface area contributed by atoms with E-state index in [2.05, 4.69) is 14.5 Å².